The van der Waals surface area contributed by atoms with Gasteiger partial charge in [-0.2, -0.15) is 13.2 Å². The lowest BCUT2D eigenvalue weighted by molar-refractivity contribution is -0.185. The molecule has 2 atom stereocenters. The molecule has 2 fully saturated rings. The van der Waals surface area contributed by atoms with E-state index in [9.17, 15) is 18.0 Å². The van der Waals surface area contributed by atoms with Crippen molar-refractivity contribution in [3.05, 3.63) is 0 Å². The van der Waals surface area contributed by atoms with Gasteiger partial charge in [0.2, 0.25) is 5.91 Å². The fourth-order valence-electron chi connectivity index (χ4n) is 3.62. The molecule has 6 heteroatoms. The summed E-state index contributed by atoms with van der Waals surface area (Å²) in [6.45, 7) is 0. The van der Waals surface area contributed by atoms with Crippen LogP contribution in [0.1, 0.15) is 51.4 Å². The van der Waals surface area contributed by atoms with Gasteiger partial charge >= 0.3 is 6.18 Å². The van der Waals surface area contributed by atoms with Crippen molar-refractivity contribution in [2.75, 3.05) is 7.05 Å². The third-order valence-corrected chi connectivity index (χ3v) is 5.54. The summed E-state index contributed by atoms with van der Waals surface area (Å²) in [6.07, 6.45) is 0.657. The van der Waals surface area contributed by atoms with Crippen LogP contribution in [0.25, 0.3) is 0 Å². The predicted octanol–water partition coefficient (Wildman–Crippen LogP) is 4.36. The van der Waals surface area contributed by atoms with E-state index in [-0.39, 0.29) is 36.1 Å². The van der Waals surface area contributed by atoms with Gasteiger partial charge < -0.3 is 4.90 Å². The first-order chi connectivity index (χ1) is 9.80. The van der Waals surface area contributed by atoms with Crippen LogP contribution in [-0.2, 0) is 4.79 Å². The van der Waals surface area contributed by atoms with E-state index in [0.717, 1.165) is 25.7 Å². The van der Waals surface area contributed by atoms with Crippen LogP contribution in [0.2, 0.25) is 0 Å². The number of amides is 1. The Bertz CT molecular complexity index is 366. The molecule has 0 saturated heterocycles. The molecular formula is C15H23ClF3NO. The zero-order valence-electron chi connectivity index (χ0n) is 12.3. The maximum atomic E-state index is 12.7. The molecule has 0 heterocycles. The summed E-state index contributed by atoms with van der Waals surface area (Å²) in [4.78, 5) is 14.2. The molecule has 0 aliphatic heterocycles. The number of halogens is 4. The highest BCUT2D eigenvalue weighted by Crippen LogP contribution is 2.40. The van der Waals surface area contributed by atoms with E-state index in [2.05, 4.69) is 0 Å². The van der Waals surface area contributed by atoms with Crippen LogP contribution in [0.15, 0.2) is 0 Å². The molecule has 2 rings (SSSR count). The summed E-state index contributed by atoms with van der Waals surface area (Å²) < 4.78 is 38.0. The van der Waals surface area contributed by atoms with Crippen molar-refractivity contribution >= 4 is 17.5 Å². The minimum absolute atomic E-state index is 0.0202. The lowest BCUT2D eigenvalue weighted by Crippen LogP contribution is -2.47. The first-order valence-electron chi connectivity index (χ1n) is 7.78. The van der Waals surface area contributed by atoms with Gasteiger partial charge in [-0.15, -0.1) is 11.6 Å². The lowest BCUT2D eigenvalue weighted by Gasteiger charge is -2.38. The highest BCUT2D eigenvalue weighted by atomic mass is 35.5. The van der Waals surface area contributed by atoms with Crippen LogP contribution in [0.5, 0.6) is 0 Å². The third-order valence-electron chi connectivity index (χ3n) is 5.03. The maximum Gasteiger partial charge on any atom is 0.391 e. The maximum absolute atomic E-state index is 12.7. The number of nitrogens with zero attached hydrogens (tertiary/aromatic N) is 1. The molecule has 2 nitrogen and oxygen atoms in total. The van der Waals surface area contributed by atoms with Crippen molar-refractivity contribution in [2.24, 2.45) is 11.8 Å². The van der Waals surface area contributed by atoms with Crippen molar-refractivity contribution < 1.29 is 18.0 Å². The average Bonchev–Trinajstić information content (AvgIpc) is 2.45. The van der Waals surface area contributed by atoms with Crippen molar-refractivity contribution in [3.8, 4) is 0 Å². The van der Waals surface area contributed by atoms with E-state index in [1.54, 1.807) is 11.9 Å². The smallest absolute Gasteiger partial charge is 0.341 e. The summed E-state index contributed by atoms with van der Waals surface area (Å²) in [5, 5.41) is -0.0285. The van der Waals surface area contributed by atoms with Gasteiger partial charge in [0.25, 0.3) is 0 Å². The van der Waals surface area contributed by atoms with Gasteiger partial charge in [-0.05, 0) is 38.5 Å². The Morgan fingerprint density at radius 2 is 1.62 bits per heavy atom. The van der Waals surface area contributed by atoms with Crippen LogP contribution >= 0.6 is 11.6 Å². The summed E-state index contributed by atoms with van der Waals surface area (Å²) in [5.41, 5.74) is 0. The molecule has 0 aromatic rings. The molecule has 21 heavy (non-hydrogen) atoms. The monoisotopic (exact) mass is 325 g/mol. The number of hydrogen-bond acceptors (Lipinski definition) is 1. The van der Waals surface area contributed by atoms with Crippen molar-refractivity contribution in [1.29, 1.82) is 0 Å². The molecule has 0 bridgehead atoms. The molecule has 2 aliphatic carbocycles. The quantitative estimate of drug-likeness (QED) is 0.691. The van der Waals surface area contributed by atoms with Gasteiger partial charge in [0.1, 0.15) is 0 Å². The Morgan fingerprint density at radius 3 is 2.14 bits per heavy atom. The molecule has 1 amide bonds. The standard InChI is InChI=1S/C15H23ClF3NO/c1-20(13-5-3-2-4-12(13)16)14(21)10-6-8-11(9-7-10)15(17,18)19/h10-13H,2-9H2,1H3. The molecule has 0 aromatic carbocycles. The number of carbonyl (C=O) groups is 1. The second-order valence-corrected chi connectivity index (χ2v) is 6.97. The SMILES string of the molecule is CN(C(=O)C1CCC(C(F)(F)F)CC1)C1CCCCC1Cl. The molecule has 2 aliphatic rings. The zero-order valence-corrected chi connectivity index (χ0v) is 13.1. The third kappa shape index (κ3) is 4.05. The Labute approximate surface area is 129 Å². The van der Waals surface area contributed by atoms with Gasteiger partial charge in [0.15, 0.2) is 0 Å². The minimum Gasteiger partial charge on any atom is -0.341 e. The van der Waals surface area contributed by atoms with Crippen LogP contribution in [0, 0.1) is 11.8 Å². The summed E-state index contributed by atoms with van der Waals surface area (Å²) in [6, 6.07) is 0.0354. The van der Waals surface area contributed by atoms with E-state index in [0.29, 0.717) is 12.8 Å². The molecule has 0 N–H and O–H groups in total. The van der Waals surface area contributed by atoms with Gasteiger partial charge in [-0.25, -0.2) is 0 Å². The molecule has 2 saturated carbocycles. The highest BCUT2D eigenvalue weighted by molar-refractivity contribution is 6.21. The topological polar surface area (TPSA) is 20.3 Å². The second-order valence-electron chi connectivity index (χ2n) is 6.41. The Balaban J connectivity index is 1.89. The van der Waals surface area contributed by atoms with Crippen molar-refractivity contribution in [2.45, 2.75) is 69.0 Å². The van der Waals surface area contributed by atoms with Crippen LogP contribution < -0.4 is 0 Å². The summed E-state index contributed by atoms with van der Waals surface area (Å²) in [5.74, 6) is -1.52. The van der Waals surface area contributed by atoms with Gasteiger partial charge in [-0.3, -0.25) is 4.79 Å². The summed E-state index contributed by atoms with van der Waals surface area (Å²) in [7, 11) is 1.75. The molecular weight excluding hydrogens is 303 g/mol. The van der Waals surface area contributed by atoms with Crippen LogP contribution in [0.3, 0.4) is 0 Å². The predicted molar refractivity (Wildman–Crippen MR) is 76.2 cm³/mol. The van der Waals surface area contributed by atoms with E-state index < -0.39 is 12.1 Å². The Hall–Kier alpha value is -0.450. The second kappa shape index (κ2) is 6.76. The van der Waals surface area contributed by atoms with Crippen molar-refractivity contribution in [1.82, 2.24) is 4.90 Å². The number of hydrogen-bond donors (Lipinski definition) is 0. The molecule has 0 spiro atoms. The molecule has 0 radical (unpaired) electrons. The Morgan fingerprint density at radius 1 is 1.05 bits per heavy atom. The van der Waals surface area contributed by atoms with E-state index in [4.69, 9.17) is 11.6 Å². The minimum atomic E-state index is -4.12. The number of carbonyl (C=O) groups excluding carboxylic acids is 1. The first-order valence-corrected chi connectivity index (χ1v) is 8.21. The van der Waals surface area contributed by atoms with Crippen molar-refractivity contribution in [3.63, 3.8) is 0 Å². The molecule has 2 unspecified atom stereocenters. The first kappa shape index (κ1) is 16.9. The highest BCUT2D eigenvalue weighted by Gasteiger charge is 2.43. The average molecular weight is 326 g/mol. The summed E-state index contributed by atoms with van der Waals surface area (Å²) >= 11 is 6.30. The largest absolute Gasteiger partial charge is 0.391 e. The van der Waals surface area contributed by atoms with Gasteiger partial charge in [0, 0.05) is 19.0 Å². The number of alkyl halides is 4. The van der Waals surface area contributed by atoms with Crippen LogP contribution in [-0.4, -0.2) is 35.4 Å². The number of rotatable bonds is 2. The molecule has 0 aromatic heterocycles. The fraction of sp³-hybridized carbons (Fsp3) is 0.933. The zero-order chi connectivity index (χ0) is 15.6. The van der Waals surface area contributed by atoms with E-state index in [1.807, 2.05) is 0 Å². The van der Waals surface area contributed by atoms with E-state index in [1.165, 1.54) is 0 Å². The fourth-order valence-corrected chi connectivity index (χ4v) is 4.07. The Kier molecular flexibility index (Phi) is 5.44. The van der Waals surface area contributed by atoms with Gasteiger partial charge in [-0.1, -0.05) is 12.8 Å². The van der Waals surface area contributed by atoms with E-state index >= 15 is 0 Å². The normalized spacial score (nSPS) is 34.5. The van der Waals surface area contributed by atoms with Crippen LogP contribution in [0.4, 0.5) is 13.2 Å². The van der Waals surface area contributed by atoms with Gasteiger partial charge in [0.05, 0.1) is 11.3 Å². The molecule has 122 valence electrons. The lowest BCUT2D eigenvalue weighted by atomic mass is 9.80.